The number of esters is 1. The van der Waals surface area contributed by atoms with Gasteiger partial charge in [-0.2, -0.15) is 0 Å². The lowest BCUT2D eigenvalue weighted by Gasteiger charge is -2.04. The molecule has 1 aromatic heterocycles. The molecule has 29 heavy (non-hydrogen) atoms. The normalized spacial score (nSPS) is 10.4. The summed E-state index contributed by atoms with van der Waals surface area (Å²) in [5.41, 5.74) is 1.96. The van der Waals surface area contributed by atoms with Gasteiger partial charge >= 0.3 is 5.97 Å². The molecule has 0 amide bonds. The van der Waals surface area contributed by atoms with Crippen LogP contribution in [0.5, 0.6) is 11.5 Å². The SMILES string of the molecule is CCOC(=O)CC(=O)c1nc(-c2ccc(OC)cc2)c(-c2ccc(OC)cc2)o1. The molecule has 0 aliphatic heterocycles. The highest BCUT2D eigenvalue weighted by atomic mass is 16.5. The van der Waals surface area contributed by atoms with Crippen molar-refractivity contribution < 1.29 is 28.2 Å². The van der Waals surface area contributed by atoms with Crippen molar-refractivity contribution in [1.82, 2.24) is 4.98 Å². The van der Waals surface area contributed by atoms with E-state index in [2.05, 4.69) is 4.98 Å². The Labute approximate surface area is 168 Å². The van der Waals surface area contributed by atoms with Gasteiger partial charge in [0.1, 0.15) is 23.6 Å². The van der Waals surface area contributed by atoms with Crippen LogP contribution in [0.15, 0.2) is 52.9 Å². The summed E-state index contributed by atoms with van der Waals surface area (Å²) in [7, 11) is 3.17. The van der Waals surface area contributed by atoms with Crippen molar-refractivity contribution in [2.24, 2.45) is 0 Å². The van der Waals surface area contributed by atoms with Gasteiger partial charge in [0.2, 0.25) is 5.78 Å². The summed E-state index contributed by atoms with van der Waals surface area (Å²) in [4.78, 5) is 28.5. The van der Waals surface area contributed by atoms with Gasteiger partial charge in [-0.15, -0.1) is 0 Å². The summed E-state index contributed by atoms with van der Waals surface area (Å²) in [5, 5.41) is 0. The van der Waals surface area contributed by atoms with Crippen LogP contribution >= 0.6 is 0 Å². The molecule has 150 valence electrons. The lowest BCUT2D eigenvalue weighted by molar-refractivity contribution is -0.142. The number of ether oxygens (including phenoxy) is 3. The Morgan fingerprint density at radius 1 is 0.897 bits per heavy atom. The molecule has 0 radical (unpaired) electrons. The van der Waals surface area contributed by atoms with E-state index in [1.54, 1.807) is 45.4 Å². The van der Waals surface area contributed by atoms with Crippen LogP contribution in [0.3, 0.4) is 0 Å². The Balaban J connectivity index is 2.02. The molecule has 3 rings (SSSR count). The quantitative estimate of drug-likeness (QED) is 0.321. The molecule has 0 spiro atoms. The molecule has 0 bridgehead atoms. The van der Waals surface area contributed by atoms with Gasteiger partial charge in [-0.1, -0.05) is 0 Å². The molecule has 1 heterocycles. The average molecular weight is 395 g/mol. The number of carbonyl (C=O) groups excluding carboxylic acids is 2. The van der Waals surface area contributed by atoms with E-state index in [4.69, 9.17) is 18.6 Å². The van der Waals surface area contributed by atoms with E-state index in [1.165, 1.54) is 0 Å². The Hall–Kier alpha value is -3.61. The minimum absolute atomic E-state index is 0.144. The molecule has 0 N–H and O–H groups in total. The van der Waals surface area contributed by atoms with Crippen LogP contribution in [0.4, 0.5) is 0 Å². The molecule has 3 aromatic rings. The van der Waals surface area contributed by atoms with Crippen molar-refractivity contribution >= 4 is 11.8 Å². The van der Waals surface area contributed by atoms with Gasteiger partial charge in [0.15, 0.2) is 5.76 Å². The zero-order chi connectivity index (χ0) is 20.8. The molecule has 7 heteroatoms. The summed E-state index contributed by atoms with van der Waals surface area (Å²) in [6.45, 7) is 1.88. The second kappa shape index (κ2) is 9.05. The zero-order valence-electron chi connectivity index (χ0n) is 16.4. The number of carbonyl (C=O) groups is 2. The van der Waals surface area contributed by atoms with Gasteiger partial charge in [-0.3, -0.25) is 9.59 Å². The summed E-state index contributed by atoms with van der Waals surface area (Å²) in [6.07, 6.45) is -0.432. The maximum Gasteiger partial charge on any atom is 0.313 e. The van der Waals surface area contributed by atoms with Gasteiger partial charge < -0.3 is 18.6 Å². The standard InChI is InChI=1S/C22H21NO6/c1-4-28-19(25)13-18(24)22-23-20(14-5-9-16(26-2)10-6-14)21(29-22)15-7-11-17(27-3)12-8-15/h5-12H,4,13H2,1-3H3. The number of aromatic nitrogens is 1. The van der Waals surface area contributed by atoms with E-state index < -0.39 is 18.2 Å². The number of ketones is 1. The first-order valence-corrected chi connectivity index (χ1v) is 9.04. The number of oxazole rings is 1. The van der Waals surface area contributed by atoms with E-state index in [9.17, 15) is 9.59 Å². The number of hydrogen-bond acceptors (Lipinski definition) is 7. The topological polar surface area (TPSA) is 87.9 Å². The van der Waals surface area contributed by atoms with Crippen molar-refractivity contribution in [2.45, 2.75) is 13.3 Å². The summed E-state index contributed by atoms with van der Waals surface area (Å²) < 4.78 is 21.0. The molecular formula is C22H21NO6. The Morgan fingerprint density at radius 2 is 1.45 bits per heavy atom. The number of benzene rings is 2. The van der Waals surface area contributed by atoms with Crippen molar-refractivity contribution in [3.63, 3.8) is 0 Å². The molecule has 0 aliphatic rings. The van der Waals surface area contributed by atoms with Gasteiger partial charge in [-0.05, 0) is 55.5 Å². The van der Waals surface area contributed by atoms with Crippen LogP contribution in [0.1, 0.15) is 24.0 Å². The minimum atomic E-state index is -0.618. The van der Waals surface area contributed by atoms with E-state index in [0.717, 1.165) is 11.1 Å². The van der Waals surface area contributed by atoms with E-state index >= 15 is 0 Å². The predicted molar refractivity (Wildman–Crippen MR) is 106 cm³/mol. The Morgan fingerprint density at radius 3 is 1.97 bits per heavy atom. The second-order valence-corrected chi connectivity index (χ2v) is 6.06. The lowest BCUT2D eigenvalue weighted by Crippen LogP contribution is -2.11. The summed E-state index contributed by atoms with van der Waals surface area (Å²) in [6, 6.07) is 14.4. The number of Topliss-reactive ketones (excluding diaryl/α,β-unsaturated/α-hetero) is 1. The van der Waals surface area contributed by atoms with Gasteiger partial charge in [0.25, 0.3) is 5.89 Å². The third-order valence-electron chi connectivity index (χ3n) is 4.19. The minimum Gasteiger partial charge on any atom is -0.497 e. The maximum absolute atomic E-state index is 12.5. The summed E-state index contributed by atoms with van der Waals surface area (Å²) in [5.74, 6) is 0.505. The summed E-state index contributed by atoms with van der Waals surface area (Å²) >= 11 is 0. The van der Waals surface area contributed by atoms with Crippen LogP contribution in [0.2, 0.25) is 0 Å². The van der Waals surface area contributed by atoms with Gasteiger partial charge in [0, 0.05) is 11.1 Å². The average Bonchev–Trinajstić information content (AvgIpc) is 3.19. The maximum atomic E-state index is 12.5. The Bertz CT molecular complexity index is 924. The molecule has 0 atom stereocenters. The first-order valence-electron chi connectivity index (χ1n) is 9.04. The lowest BCUT2D eigenvalue weighted by atomic mass is 10.1. The molecule has 0 unspecified atom stereocenters. The fraction of sp³-hybridized carbons (Fsp3) is 0.227. The fourth-order valence-electron chi connectivity index (χ4n) is 2.74. The van der Waals surface area contributed by atoms with E-state index in [-0.39, 0.29) is 12.5 Å². The van der Waals surface area contributed by atoms with Gasteiger partial charge in [0.05, 0.1) is 20.8 Å². The highest BCUT2D eigenvalue weighted by Gasteiger charge is 2.23. The molecule has 0 saturated carbocycles. The fourth-order valence-corrected chi connectivity index (χ4v) is 2.74. The first-order chi connectivity index (χ1) is 14.0. The van der Waals surface area contributed by atoms with Crippen molar-refractivity contribution in [1.29, 1.82) is 0 Å². The third-order valence-corrected chi connectivity index (χ3v) is 4.19. The van der Waals surface area contributed by atoms with Crippen LogP contribution in [0.25, 0.3) is 22.6 Å². The predicted octanol–water partition coefficient (Wildman–Crippen LogP) is 4.16. The van der Waals surface area contributed by atoms with E-state index in [1.807, 2.05) is 24.3 Å². The molecule has 2 aromatic carbocycles. The first kappa shape index (κ1) is 20.1. The smallest absolute Gasteiger partial charge is 0.313 e. The van der Waals surface area contributed by atoms with Crippen LogP contribution in [-0.4, -0.2) is 37.6 Å². The Kier molecular flexibility index (Phi) is 6.29. The number of rotatable bonds is 8. The van der Waals surface area contributed by atoms with Crippen LogP contribution < -0.4 is 9.47 Å². The molecular weight excluding hydrogens is 374 g/mol. The van der Waals surface area contributed by atoms with Crippen LogP contribution in [0, 0.1) is 0 Å². The largest absolute Gasteiger partial charge is 0.497 e. The van der Waals surface area contributed by atoms with Crippen molar-refractivity contribution in [3.05, 3.63) is 54.4 Å². The molecule has 0 aliphatic carbocycles. The van der Waals surface area contributed by atoms with Crippen LogP contribution in [-0.2, 0) is 9.53 Å². The highest BCUT2D eigenvalue weighted by Crippen LogP contribution is 2.34. The molecule has 0 fully saturated rings. The highest BCUT2D eigenvalue weighted by molar-refractivity contribution is 6.04. The molecule has 7 nitrogen and oxygen atoms in total. The van der Waals surface area contributed by atoms with E-state index in [0.29, 0.717) is 23.0 Å². The zero-order valence-corrected chi connectivity index (χ0v) is 16.4. The molecule has 0 saturated heterocycles. The van der Waals surface area contributed by atoms with Crippen molar-refractivity contribution in [3.8, 4) is 34.1 Å². The van der Waals surface area contributed by atoms with Gasteiger partial charge in [-0.25, -0.2) is 4.98 Å². The number of hydrogen-bond donors (Lipinski definition) is 0. The monoisotopic (exact) mass is 395 g/mol. The van der Waals surface area contributed by atoms with Crippen molar-refractivity contribution in [2.75, 3.05) is 20.8 Å². The third kappa shape index (κ3) is 4.63. The number of methoxy groups -OCH3 is 2. The second-order valence-electron chi connectivity index (χ2n) is 6.06. The number of nitrogens with zero attached hydrogens (tertiary/aromatic N) is 1.